The van der Waals surface area contributed by atoms with Gasteiger partial charge in [-0.05, 0) is 46.6 Å². The van der Waals surface area contributed by atoms with Crippen LogP contribution in [0.15, 0.2) is 38.7 Å². The molecule has 0 radical (unpaired) electrons. The first-order valence-corrected chi connectivity index (χ1v) is 5.94. The predicted molar refractivity (Wildman–Crippen MR) is 61.6 cm³/mol. The molecule has 0 aliphatic heterocycles. The molecule has 1 unspecified atom stereocenters. The summed E-state index contributed by atoms with van der Waals surface area (Å²) in [6.07, 6.45) is 0. The summed E-state index contributed by atoms with van der Waals surface area (Å²) in [5.41, 5.74) is 0. The van der Waals surface area contributed by atoms with Crippen LogP contribution >= 0.6 is 27.3 Å². The van der Waals surface area contributed by atoms with E-state index in [1.54, 1.807) is 11.3 Å². The van der Waals surface area contributed by atoms with Crippen LogP contribution in [0, 0.1) is 0 Å². The summed E-state index contributed by atoms with van der Waals surface area (Å²) >= 11 is 5.02. The maximum absolute atomic E-state index is 5.52. The molecule has 0 aliphatic carbocycles. The fourth-order valence-electron chi connectivity index (χ4n) is 1.36. The lowest BCUT2D eigenvalue weighted by Gasteiger charge is -2.10. The molecule has 0 saturated carbocycles. The van der Waals surface area contributed by atoms with Gasteiger partial charge in [0.1, 0.15) is 11.8 Å². The normalized spacial score (nSPS) is 13.0. The van der Waals surface area contributed by atoms with Gasteiger partial charge in [-0.25, -0.2) is 0 Å². The predicted octanol–water partition coefficient (Wildman–Crippen LogP) is 3.41. The Morgan fingerprint density at radius 2 is 2.29 bits per heavy atom. The lowest BCUT2D eigenvalue weighted by molar-refractivity contribution is 0.449. The third-order valence-electron chi connectivity index (χ3n) is 1.99. The van der Waals surface area contributed by atoms with E-state index in [0.29, 0.717) is 0 Å². The first kappa shape index (κ1) is 9.96. The molecule has 14 heavy (non-hydrogen) atoms. The van der Waals surface area contributed by atoms with E-state index >= 15 is 0 Å². The third-order valence-corrected chi connectivity index (χ3v) is 3.36. The fourth-order valence-corrected chi connectivity index (χ4v) is 2.52. The molecule has 1 N–H and O–H groups in total. The van der Waals surface area contributed by atoms with Crippen molar-refractivity contribution in [2.24, 2.45) is 0 Å². The van der Waals surface area contributed by atoms with Gasteiger partial charge in [0.15, 0.2) is 4.67 Å². The second-order valence-electron chi connectivity index (χ2n) is 2.88. The van der Waals surface area contributed by atoms with Crippen LogP contribution in [0.2, 0.25) is 0 Å². The van der Waals surface area contributed by atoms with Crippen molar-refractivity contribution in [1.82, 2.24) is 5.32 Å². The summed E-state index contributed by atoms with van der Waals surface area (Å²) in [6.45, 7) is 0. The van der Waals surface area contributed by atoms with Crippen molar-refractivity contribution in [1.29, 1.82) is 0 Å². The number of hydrogen-bond donors (Lipinski definition) is 1. The van der Waals surface area contributed by atoms with Crippen molar-refractivity contribution >= 4 is 27.3 Å². The zero-order chi connectivity index (χ0) is 9.97. The Balaban J connectivity index is 2.31. The summed E-state index contributed by atoms with van der Waals surface area (Å²) in [5, 5.41) is 5.30. The molecule has 2 heterocycles. The highest BCUT2D eigenvalue weighted by atomic mass is 79.9. The minimum atomic E-state index is 0.154. The molecule has 0 saturated heterocycles. The number of furan rings is 1. The number of nitrogens with one attached hydrogen (secondary N) is 1. The van der Waals surface area contributed by atoms with E-state index in [9.17, 15) is 0 Å². The smallest absolute Gasteiger partial charge is 0.169 e. The van der Waals surface area contributed by atoms with Gasteiger partial charge in [-0.3, -0.25) is 0 Å². The fraction of sp³-hybridized carbons (Fsp3) is 0.200. The Morgan fingerprint density at radius 3 is 2.79 bits per heavy atom. The molecule has 0 amide bonds. The second-order valence-corrected chi connectivity index (χ2v) is 4.64. The van der Waals surface area contributed by atoms with Crippen LogP contribution in [0.5, 0.6) is 0 Å². The van der Waals surface area contributed by atoms with Gasteiger partial charge in [0.05, 0.1) is 0 Å². The Hall–Kier alpha value is -0.580. The van der Waals surface area contributed by atoms with Gasteiger partial charge in [-0.2, -0.15) is 0 Å². The first-order chi connectivity index (χ1) is 6.81. The van der Waals surface area contributed by atoms with Crippen LogP contribution < -0.4 is 5.32 Å². The topological polar surface area (TPSA) is 25.2 Å². The molecule has 0 fully saturated rings. The lowest BCUT2D eigenvalue weighted by atomic mass is 10.2. The van der Waals surface area contributed by atoms with Crippen molar-refractivity contribution < 1.29 is 4.42 Å². The van der Waals surface area contributed by atoms with Crippen molar-refractivity contribution in [2.45, 2.75) is 6.04 Å². The van der Waals surface area contributed by atoms with Crippen LogP contribution in [-0.2, 0) is 0 Å². The highest BCUT2D eigenvalue weighted by Crippen LogP contribution is 2.28. The standard InChI is InChI=1S/C10H10BrNOS/c1-12-10(8-3-2-6-14-8)7-4-5-9(11)13-7/h2-6,10,12H,1H3. The van der Waals surface area contributed by atoms with Gasteiger partial charge in [0, 0.05) is 4.88 Å². The Kier molecular flexibility index (Phi) is 3.05. The summed E-state index contributed by atoms with van der Waals surface area (Å²) in [7, 11) is 1.93. The lowest BCUT2D eigenvalue weighted by Crippen LogP contribution is -2.15. The van der Waals surface area contributed by atoms with Gasteiger partial charge in [0.2, 0.25) is 0 Å². The van der Waals surface area contributed by atoms with Crippen LogP contribution in [0.25, 0.3) is 0 Å². The molecule has 0 spiro atoms. The zero-order valence-corrected chi connectivity index (χ0v) is 10.1. The van der Waals surface area contributed by atoms with Crippen LogP contribution in [0.4, 0.5) is 0 Å². The van der Waals surface area contributed by atoms with E-state index in [4.69, 9.17) is 4.42 Å². The highest BCUT2D eigenvalue weighted by molar-refractivity contribution is 9.10. The van der Waals surface area contributed by atoms with E-state index < -0.39 is 0 Å². The van der Waals surface area contributed by atoms with Gasteiger partial charge in [0.25, 0.3) is 0 Å². The van der Waals surface area contributed by atoms with Crippen LogP contribution in [-0.4, -0.2) is 7.05 Å². The maximum atomic E-state index is 5.52. The molecule has 0 bridgehead atoms. The number of rotatable bonds is 3. The monoisotopic (exact) mass is 271 g/mol. The molecule has 0 aliphatic rings. The largest absolute Gasteiger partial charge is 0.452 e. The summed E-state index contributed by atoms with van der Waals surface area (Å²) in [4.78, 5) is 1.26. The van der Waals surface area contributed by atoms with Gasteiger partial charge in [-0.1, -0.05) is 6.07 Å². The van der Waals surface area contributed by atoms with Crippen molar-refractivity contribution in [3.8, 4) is 0 Å². The average molecular weight is 272 g/mol. The molecule has 74 valence electrons. The van der Waals surface area contributed by atoms with Crippen molar-refractivity contribution in [3.05, 3.63) is 45.0 Å². The number of halogens is 1. The van der Waals surface area contributed by atoms with E-state index in [2.05, 4.69) is 32.7 Å². The maximum Gasteiger partial charge on any atom is 0.169 e. The molecule has 2 nitrogen and oxygen atoms in total. The SMILES string of the molecule is CNC(c1ccc(Br)o1)c1cccs1. The molecular formula is C10H10BrNOS. The number of thiophene rings is 1. The first-order valence-electron chi connectivity index (χ1n) is 4.27. The zero-order valence-electron chi connectivity index (χ0n) is 7.66. The molecule has 1 atom stereocenters. The Morgan fingerprint density at radius 1 is 1.43 bits per heavy atom. The Labute approximate surface area is 95.1 Å². The summed E-state index contributed by atoms with van der Waals surface area (Å²) in [5.74, 6) is 0.932. The molecule has 2 aromatic heterocycles. The molecular weight excluding hydrogens is 262 g/mol. The Bertz CT molecular complexity index is 396. The van der Waals surface area contributed by atoms with Crippen molar-refractivity contribution in [3.63, 3.8) is 0 Å². The minimum absolute atomic E-state index is 0.154. The molecule has 2 aromatic rings. The van der Waals surface area contributed by atoms with Crippen LogP contribution in [0.1, 0.15) is 16.7 Å². The van der Waals surface area contributed by atoms with Crippen LogP contribution in [0.3, 0.4) is 0 Å². The molecule has 0 aromatic carbocycles. The van der Waals surface area contributed by atoms with Gasteiger partial charge >= 0.3 is 0 Å². The number of hydrogen-bond acceptors (Lipinski definition) is 3. The van der Waals surface area contributed by atoms with E-state index in [-0.39, 0.29) is 6.04 Å². The van der Waals surface area contributed by atoms with E-state index in [1.165, 1.54) is 4.88 Å². The van der Waals surface area contributed by atoms with Gasteiger partial charge in [-0.15, -0.1) is 11.3 Å². The summed E-state index contributed by atoms with van der Waals surface area (Å²) in [6, 6.07) is 8.18. The summed E-state index contributed by atoms with van der Waals surface area (Å²) < 4.78 is 6.29. The minimum Gasteiger partial charge on any atom is -0.452 e. The van der Waals surface area contributed by atoms with Gasteiger partial charge < -0.3 is 9.73 Å². The quantitative estimate of drug-likeness (QED) is 0.926. The average Bonchev–Trinajstić information content (AvgIpc) is 2.79. The van der Waals surface area contributed by atoms with E-state index in [0.717, 1.165) is 10.4 Å². The highest BCUT2D eigenvalue weighted by Gasteiger charge is 2.16. The van der Waals surface area contributed by atoms with Crippen molar-refractivity contribution in [2.75, 3.05) is 7.05 Å². The third kappa shape index (κ3) is 1.92. The second kappa shape index (κ2) is 4.29. The van der Waals surface area contributed by atoms with E-state index in [1.807, 2.05) is 25.2 Å². The molecule has 4 heteroatoms. The molecule has 2 rings (SSSR count).